The maximum Gasteiger partial charge on any atom is 0.152 e. The predicted molar refractivity (Wildman–Crippen MR) is 119 cm³/mol. The molecule has 0 radical (unpaired) electrons. The molecule has 1 N–H and O–H groups in total. The Morgan fingerprint density at radius 2 is 1.67 bits per heavy atom. The number of terminal acetylenes is 2. The van der Waals surface area contributed by atoms with Crippen molar-refractivity contribution in [3.05, 3.63) is 89.7 Å². The van der Waals surface area contributed by atoms with Crippen LogP contribution in [0.3, 0.4) is 0 Å². The van der Waals surface area contributed by atoms with Gasteiger partial charge < -0.3 is 15.1 Å². The largest absolute Gasteiger partial charge is 0.358 e. The number of halogens is 1. The first kappa shape index (κ1) is 18.2. The van der Waals surface area contributed by atoms with Crippen molar-refractivity contribution in [2.24, 2.45) is 0 Å². The Morgan fingerprint density at radius 1 is 0.933 bits per heavy atom. The molecule has 2 aliphatic heterocycles. The van der Waals surface area contributed by atoms with Gasteiger partial charge in [-0.3, -0.25) is 0 Å². The van der Waals surface area contributed by atoms with Gasteiger partial charge >= 0.3 is 0 Å². The molecular weight excluding hydrogens is 373 g/mol. The number of anilines is 3. The lowest BCUT2D eigenvalue weighted by molar-refractivity contribution is 0.366. The number of nitrogens with one attached hydrogen (secondary N) is 1. The first-order chi connectivity index (χ1) is 14.7. The molecule has 4 heteroatoms. The Bertz CT molecular complexity index is 1190. The van der Waals surface area contributed by atoms with E-state index in [1.165, 1.54) is 12.1 Å². The molecule has 0 spiro atoms. The van der Waals surface area contributed by atoms with Crippen LogP contribution in [0.5, 0.6) is 0 Å². The third kappa shape index (κ3) is 2.48. The van der Waals surface area contributed by atoms with Gasteiger partial charge in [0.15, 0.2) is 5.66 Å². The van der Waals surface area contributed by atoms with Crippen LogP contribution in [-0.4, -0.2) is 6.54 Å². The van der Waals surface area contributed by atoms with Gasteiger partial charge in [-0.25, -0.2) is 4.39 Å². The van der Waals surface area contributed by atoms with E-state index in [9.17, 15) is 4.39 Å². The number of benzene rings is 3. The second-order valence-corrected chi connectivity index (χ2v) is 7.52. The summed E-state index contributed by atoms with van der Waals surface area (Å²) in [6.07, 6.45) is 11.9. The molecule has 0 fully saturated rings. The van der Waals surface area contributed by atoms with Crippen molar-refractivity contribution in [1.29, 1.82) is 0 Å². The number of fused-ring (bicyclic) bond motifs is 6. The van der Waals surface area contributed by atoms with Gasteiger partial charge in [0.2, 0.25) is 0 Å². The van der Waals surface area contributed by atoms with E-state index in [0.29, 0.717) is 13.0 Å². The molecule has 0 amide bonds. The van der Waals surface area contributed by atoms with E-state index in [1.54, 1.807) is 12.1 Å². The Kier molecular flexibility index (Phi) is 4.16. The number of hydrogen-bond donors (Lipinski definition) is 1. The molecular formula is C26H20FN3. The Balaban J connectivity index is 1.86. The first-order valence-electron chi connectivity index (χ1n) is 9.85. The monoisotopic (exact) mass is 393 g/mol. The number of nitrogens with zero attached hydrogens (tertiary/aromatic N) is 2. The molecule has 2 atom stereocenters. The smallest absolute Gasteiger partial charge is 0.152 e. The molecule has 5 rings (SSSR count). The summed E-state index contributed by atoms with van der Waals surface area (Å²) in [5.74, 6) is 5.42. The van der Waals surface area contributed by atoms with Crippen LogP contribution in [0.25, 0.3) is 0 Å². The summed E-state index contributed by atoms with van der Waals surface area (Å²) in [7, 11) is 0. The second-order valence-electron chi connectivity index (χ2n) is 7.52. The molecule has 3 aromatic rings. The van der Waals surface area contributed by atoms with Crippen molar-refractivity contribution in [3.63, 3.8) is 0 Å². The van der Waals surface area contributed by atoms with Crippen molar-refractivity contribution < 1.29 is 4.39 Å². The third-order valence-electron chi connectivity index (χ3n) is 5.91. The Morgan fingerprint density at radius 3 is 2.43 bits per heavy atom. The van der Waals surface area contributed by atoms with Crippen molar-refractivity contribution in [3.8, 4) is 24.7 Å². The number of hydrogen-bond acceptors (Lipinski definition) is 3. The lowest BCUT2D eigenvalue weighted by Crippen LogP contribution is -2.64. The van der Waals surface area contributed by atoms with Gasteiger partial charge in [-0.1, -0.05) is 42.3 Å². The molecule has 3 aromatic carbocycles. The molecule has 2 unspecified atom stereocenters. The van der Waals surface area contributed by atoms with Crippen LogP contribution < -0.4 is 15.1 Å². The molecule has 3 nitrogen and oxygen atoms in total. The van der Waals surface area contributed by atoms with E-state index in [4.69, 9.17) is 12.8 Å². The van der Waals surface area contributed by atoms with Crippen molar-refractivity contribution in [2.75, 3.05) is 21.7 Å². The van der Waals surface area contributed by atoms with E-state index in [1.807, 2.05) is 24.3 Å². The van der Waals surface area contributed by atoms with E-state index < -0.39 is 5.66 Å². The van der Waals surface area contributed by atoms with Gasteiger partial charge in [-0.2, -0.15) is 0 Å². The average molecular weight is 393 g/mol. The van der Waals surface area contributed by atoms with Gasteiger partial charge in [0.25, 0.3) is 0 Å². The van der Waals surface area contributed by atoms with Gasteiger partial charge in [-0.05, 0) is 36.4 Å². The zero-order chi connectivity index (χ0) is 20.7. The van der Waals surface area contributed by atoms with Gasteiger partial charge in [0, 0.05) is 28.2 Å². The summed E-state index contributed by atoms with van der Waals surface area (Å²) in [5, 5.41) is 3.74. The van der Waals surface area contributed by atoms with E-state index >= 15 is 0 Å². The first-order valence-corrected chi connectivity index (χ1v) is 9.85. The second kappa shape index (κ2) is 6.87. The normalized spacial score (nSPS) is 21.0. The predicted octanol–water partition coefficient (Wildman–Crippen LogP) is 5.09. The lowest BCUT2D eigenvalue weighted by Gasteiger charge is -2.60. The molecule has 0 aromatic heterocycles. The number of rotatable bonds is 3. The van der Waals surface area contributed by atoms with Crippen molar-refractivity contribution >= 4 is 17.1 Å². The molecule has 2 aliphatic rings. The summed E-state index contributed by atoms with van der Waals surface area (Å²) in [6, 6.07) is 22.9. The van der Waals surface area contributed by atoms with E-state index in [2.05, 4.69) is 51.2 Å². The molecule has 2 heterocycles. The van der Waals surface area contributed by atoms with E-state index in [0.717, 1.165) is 28.2 Å². The van der Waals surface area contributed by atoms with Crippen molar-refractivity contribution in [2.45, 2.75) is 18.2 Å². The number of para-hydroxylation sites is 2. The van der Waals surface area contributed by atoms with Crippen molar-refractivity contribution in [1.82, 2.24) is 0 Å². The molecule has 146 valence electrons. The fraction of sp³-hybridized carbons (Fsp3) is 0.154. The summed E-state index contributed by atoms with van der Waals surface area (Å²) in [4.78, 5) is 4.46. The molecule has 30 heavy (non-hydrogen) atoms. The van der Waals surface area contributed by atoms with Crippen LogP contribution in [-0.2, 0) is 5.66 Å². The highest BCUT2D eigenvalue weighted by Gasteiger charge is 2.53. The highest BCUT2D eigenvalue weighted by Crippen LogP contribution is 2.55. The minimum absolute atomic E-state index is 0.188. The minimum atomic E-state index is -0.687. The van der Waals surface area contributed by atoms with Crippen LogP contribution >= 0.6 is 0 Å². The van der Waals surface area contributed by atoms with Crippen LogP contribution in [0.2, 0.25) is 0 Å². The SMILES string of the molecule is C#CCN1c2ccccc2C2(CC#C)Nc3ccccc3C1N2c1ccc(F)cc1. The quantitative estimate of drug-likeness (QED) is 0.626. The van der Waals surface area contributed by atoms with Gasteiger partial charge in [-0.15, -0.1) is 18.8 Å². The summed E-state index contributed by atoms with van der Waals surface area (Å²) < 4.78 is 13.8. The summed E-state index contributed by atoms with van der Waals surface area (Å²) in [5.41, 5.74) is 4.40. The van der Waals surface area contributed by atoms with Gasteiger partial charge in [0.05, 0.1) is 13.0 Å². The van der Waals surface area contributed by atoms with Crippen LogP contribution in [0.15, 0.2) is 72.8 Å². The maximum absolute atomic E-state index is 13.8. The molecule has 0 aliphatic carbocycles. The highest BCUT2D eigenvalue weighted by atomic mass is 19.1. The maximum atomic E-state index is 13.8. The minimum Gasteiger partial charge on any atom is -0.358 e. The Hall–Kier alpha value is -3.89. The lowest BCUT2D eigenvalue weighted by atomic mass is 9.82. The molecule has 0 saturated heterocycles. The third-order valence-corrected chi connectivity index (χ3v) is 5.91. The van der Waals surface area contributed by atoms with Crippen LogP contribution in [0, 0.1) is 30.5 Å². The van der Waals surface area contributed by atoms with Crippen LogP contribution in [0.4, 0.5) is 21.5 Å². The zero-order valence-corrected chi connectivity index (χ0v) is 16.3. The fourth-order valence-electron chi connectivity index (χ4n) is 4.78. The zero-order valence-electron chi connectivity index (χ0n) is 16.3. The standard InChI is InChI=1S/C26H20FN3/c1-3-17-26-22-10-6-8-12-24(22)29(18-4-2)25(21-9-5-7-11-23(21)28-26)30(26)20-15-13-19(27)14-16-20/h1-2,5-16,25,28H,17-18H2. The highest BCUT2D eigenvalue weighted by molar-refractivity contribution is 5.77. The summed E-state index contributed by atoms with van der Waals surface area (Å²) in [6.45, 7) is 0.430. The summed E-state index contributed by atoms with van der Waals surface area (Å²) >= 11 is 0. The van der Waals surface area contributed by atoms with Gasteiger partial charge in [0.1, 0.15) is 12.0 Å². The fourth-order valence-corrected chi connectivity index (χ4v) is 4.78. The Labute approximate surface area is 176 Å². The van der Waals surface area contributed by atoms with E-state index in [-0.39, 0.29) is 12.0 Å². The van der Waals surface area contributed by atoms with Crippen LogP contribution in [0.1, 0.15) is 23.7 Å². The average Bonchev–Trinajstić information content (AvgIpc) is 2.77. The molecule has 2 bridgehead atoms. The molecule has 0 saturated carbocycles. The topological polar surface area (TPSA) is 18.5 Å².